The summed E-state index contributed by atoms with van der Waals surface area (Å²) in [6.07, 6.45) is 1.37. The van der Waals surface area contributed by atoms with Crippen molar-refractivity contribution >= 4 is 5.84 Å². The second-order valence-corrected chi connectivity index (χ2v) is 3.45. The highest BCUT2D eigenvalue weighted by Gasteiger charge is 2.19. The average Bonchev–Trinajstić information content (AvgIpc) is 2.73. The fraction of sp³-hybridized carbons (Fsp3) is 0. The minimum absolute atomic E-state index is 0.104. The number of aromatic hydroxyl groups is 1. The first-order valence-electron chi connectivity index (χ1n) is 4.88. The molecule has 0 fully saturated rings. The van der Waals surface area contributed by atoms with Crippen molar-refractivity contribution in [2.75, 3.05) is 0 Å². The summed E-state index contributed by atoms with van der Waals surface area (Å²) in [6.45, 7) is 0. The lowest BCUT2D eigenvalue weighted by atomic mass is 10.2. The predicted octanol–water partition coefficient (Wildman–Crippen LogP) is -0.446. The molecule has 4 heteroatoms. The molecule has 2 aromatic rings. The summed E-state index contributed by atoms with van der Waals surface area (Å²) >= 11 is 0. The average molecular weight is 210 g/mol. The predicted molar refractivity (Wildman–Crippen MR) is 58.5 cm³/mol. The van der Waals surface area contributed by atoms with Crippen LogP contribution >= 0.6 is 0 Å². The van der Waals surface area contributed by atoms with Crippen LogP contribution in [0.5, 0.6) is 5.75 Å². The van der Waals surface area contributed by atoms with E-state index < -0.39 is 0 Å². The zero-order chi connectivity index (χ0) is 11.0. The summed E-state index contributed by atoms with van der Waals surface area (Å²) < 4.78 is 4.31. The summed E-state index contributed by atoms with van der Waals surface area (Å²) in [5.41, 5.74) is 1.50. The van der Waals surface area contributed by atoms with Gasteiger partial charge in [0, 0.05) is 4.99 Å². The van der Waals surface area contributed by atoms with E-state index in [4.69, 9.17) is 0 Å². The molecular weight excluding hydrogens is 202 g/mol. The van der Waals surface area contributed by atoms with E-state index >= 15 is 0 Å². The van der Waals surface area contributed by atoms with Crippen LogP contribution in [0.15, 0.2) is 47.6 Å². The fourth-order valence-corrected chi connectivity index (χ4v) is 1.56. The Morgan fingerprint density at radius 2 is 1.94 bits per heavy atom. The Labute approximate surface area is 91.0 Å². The third kappa shape index (κ3) is 1.38. The van der Waals surface area contributed by atoms with Crippen LogP contribution in [0.4, 0.5) is 0 Å². The van der Waals surface area contributed by atoms with Crippen LogP contribution in [0, 0.1) is 0 Å². The van der Waals surface area contributed by atoms with E-state index in [0.717, 1.165) is 5.56 Å². The van der Waals surface area contributed by atoms with Gasteiger partial charge in [-0.3, -0.25) is 0 Å². The second-order valence-electron chi connectivity index (χ2n) is 3.45. The number of fused-ring (bicyclic) bond motifs is 1. The minimum Gasteiger partial charge on any atom is -0.506 e. The highest BCUT2D eigenvalue weighted by atomic mass is 16.3. The number of nitrogens with zero attached hydrogens (tertiary/aromatic N) is 3. The molecule has 16 heavy (non-hydrogen) atoms. The number of pyridine rings is 1. The zero-order valence-electron chi connectivity index (χ0n) is 8.33. The Hall–Kier alpha value is -2.45. The summed E-state index contributed by atoms with van der Waals surface area (Å²) in [7, 11) is 0. The maximum absolute atomic E-state index is 9.28. The molecule has 2 heterocycles. The van der Waals surface area contributed by atoms with Crippen molar-refractivity contribution in [1.29, 1.82) is 0 Å². The summed E-state index contributed by atoms with van der Waals surface area (Å²) in [4.78, 5) is 8.29. The largest absolute Gasteiger partial charge is 0.506 e. The van der Waals surface area contributed by atoms with Crippen LogP contribution in [0.1, 0.15) is 5.56 Å². The summed E-state index contributed by atoms with van der Waals surface area (Å²) in [5, 5.41) is 9.89. The first-order valence-corrected chi connectivity index (χ1v) is 4.88. The lowest BCUT2D eigenvalue weighted by Gasteiger charge is -1.84. The van der Waals surface area contributed by atoms with E-state index in [1.165, 1.54) is 6.20 Å². The monoisotopic (exact) mass is 210 g/mol. The number of amidine groups is 1. The molecule has 3 rings (SSSR count). The van der Waals surface area contributed by atoms with Crippen LogP contribution in [0.25, 0.3) is 0 Å². The fourth-order valence-electron chi connectivity index (χ4n) is 1.56. The Morgan fingerprint density at radius 3 is 2.75 bits per heavy atom. The third-order valence-corrected chi connectivity index (χ3v) is 2.30. The maximum atomic E-state index is 9.28. The summed E-state index contributed by atoms with van der Waals surface area (Å²) in [6, 6.07) is 11.2. The molecule has 1 aliphatic rings. The van der Waals surface area contributed by atoms with Crippen LogP contribution < -0.4 is 15.5 Å². The van der Waals surface area contributed by atoms with Gasteiger partial charge in [-0.15, -0.1) is 0 Å². The van der Waals surface area contributed by atoms with Gasteiger partial charge in [-0.1, -0.05) is 18.2 Å². The molecule has 1 N–H and O–H groups in total. The molecule has 1 aromatic carbocycles. The minimum atomic E-state index is 0.104. The standard InChI is InChI=1S/C12H7N3O/c16-9-6-10-12(13-7-9)15-11(14-10)8-4-2-1-3-5-8/h1-7H/p+1. The van der Waals surface area contributed by atoms with E-state index in [9.17, 15) is 5.11 Å². The van der Waals surface area contributed by atoms with Gasteiger partial charge in [-0.25, -0.2) is 4.98 Å². The molecule has 0 aliphatic carbocycles. The van der Waals surface area contributed by atoms with Gasteiger partial charge in [0.05, 0.1) is 17.8 Å². The first-order chi connectivity index (χ1) is 7.83. The lowest BCUT2D eigenvalue weighted by Crippen LogP contribution is -2.26. The van der Waals surface area contributed by atoms with E-state index in [1.54, 1.807) is 6.07 Å². The number of benzene rings is 1. The zero-order valence-corrected chi connectivity index (χ0v) is 8.33. The van der Waals surface area contributed by atoms with Crippen molar-refractivity contribution in [2.24, 2.45) is 4.99 Å². The smallest absolute Gasteiger partial charge is 0.425 e. The quantitative estimate of drug-likeness (QED) is 0.648. The summed E-state index contributed by atoms with van der Waals surface area (Å²) in [5.74, 6) is 0.737. The Kier molecular flexibility index (Phi) is 1.82. The molecule has 0 spiro atoms. The molecule has 0 unspecified atom stereocenters. The number of aromatic nitrogens is 1. The normalized spacial score (nSPS) is 12.4. The lowest BCUT2D eigenvalue weighted by molar-refractivity contribution is 0.471. The van der Waals surface area contributed by atoms with Crippen LogP contribution in [-0.2, 0) is 0 Å². The van der Waals surface area contributed by atoms with Crippen LogP contribution in [0.3, 0.4) is 0 Å². The van der Waals surface area contributed by atoms with Gasteiger partial charge >= 0.3 is 16.7 Å². The van der Waals surface area contributed by atoms with Gasteiger partial charge < -0.3 is 5.11 Å². The maximum Gasteiger partial charge on any atom is 0.425 e. The van der Waals surface area contributed by atoms with Gasteiger partial charge in [0.25, 0.3) is 0 Å². The molecule has 0 bridgehead atoms. The molecule has 0 amide bonds. The molecule has 4 nitrogen and oxygen atoms in total. The van der Waals surface area contributed by atoms with Crippen molar-refractivity contribution in [3.8, 4) is 5.75 Å². The van der Waals surface area contributed by atoms with Crippen molar-refractivity contribution in [3.05, 3.63) is 59.0 Å². The van der Waals surface area contributed by atoms with Crippen molar-refractivity contribution in [2.45, 2.75) is 0 Å². The molecular formula is C12H8N3O+. The van der Waals surface area contributed by atoms with Crippen molar-refractivity contribution in [1.82, 2.24) is 9.65 Å². The number of rotatable bonds is 1. The molecule has 0 radical (unpaired) electrons. The molecule has 76 valence electrons. The molecule has 1 aliphatic heterocycles. The molecule has 0 saturated heterocycles. The number of hydrogen-bond donors (Lipinski definition) is 1. The van der Waals surface area contributed by atoms with E-state index in [0.29, 0.717) is 16.7 Å². The van der Waals surface area contributed by atoms with Crippen molar-refractivity contribution in [3.63, 3.8) is 0 Å². The first kappa shape index (κ1) is 8.83. The van der Waals surface area contributed by atoms with Gasteiger partial charge in [0.2, 0.25) is 0 Å². The van der Waals surface area contributed by atoms with Crippen LogP contribution in [-0.4, -0.2) is 15.9 Å². The molecule has 1 aromatic heterocycles. The SMILES string of the molecule is Oc1cnc2c(c1)=[N+]=C(c1ccccc1)N=2. The Morgan fingerprint density at radius 1 is 1.12 bits per heavy atom. The topological polar surface area (TPSA) is 59.6 Å². The highest BCUT2D eigenvalue weighted by Crippen LogP contribution is 2.00. The van der Waals surface area contributed by atoms with E-state index in [1.807, 2.05) is 30.3 Å². The highest BCUT2D eigenvalue weighted by molar-refractivity contribution is 5.98. The van der Waals surface area contributed by atoms with E-state index in [-0.39, 0.29) is 5.75 Å². The van der Waals surface area contributed by atoms with Crippen LogP contribution in [0.2, 0.25) is 0 Å². The van der Waals surface area contributed by atoms with Crippen molar-refractivity contribution < 1.29 is 5.11 Å². The Bertz CT molecular complexity index is 701. The van der Waals surface area contributed by atoms with Gasteiger partial charge in [-0.2, -0.15) is 4.67 Å². The van der Waals surface area contributed by atoms with E-state index in [2.05, 4.69) is 14.6 Å². The Balaban J connectivity index is 2.25. The third-order valence-electron chi connectivity index (χ3n) is 2.30. The van der Waals surface area contributed by atoms with Gasteiger partial charge in [0.15, 0.2) is 0 Å². The molecule has 0 atom stereocenters. The second kappa shape index (κ2) is 3.29. The number of hydrogen-bond acceptors (Lipinski definition) is 3. The van der Waals surface area contributed by atoms with Gasteiger partial charge in [-0.05, 0) is 12.1 Å². The van der Waals surface area contributed by atoms with Gasteiger partial charge in [0.1, 0.15) is 5.75 Å². The molecule has 0 saturated carbocycles.